The number of nitrogens with zero attached hydrogens (tertiary/aromatic N) is 2. The van der Waals surface area contributed by atoms with E-state index in [-0.39, 0.29) is 11.2 Å². The van der Waals surface area contributed by atoms with Gasteiger partial charge in [0, 0.05) is 5.69 Å². The van der Waals surface area contributed by atoms with Crippen LogP contribution in [0.1, 0.15) is 52.9 Å². The Hall–Kier alpha value is -1.49. The maximum atomic E-state index is 5.47. The van der Waals surface area contributed by atoms with Crippen molar-refractivity contribution in [2.24, 2.45) is 10.2 Å². The molecule has 4 nitrogen and oxygen atoms in total. The zero-order valence-electron chi connectivity index (χ0n) is 13.7. The molecule has 0 unspecified atom stereocenters. The number of rotatable bonds is 3. The van der Waals surface area contributed by atoms with Crippen LogP contribution >= 0.6 is 12.2 Å². The monoisotopic (exact) mass is 318 g/mol. The van der Waals surface area contributed by atoms with Gasteiger partial charge >= 0.3 is 0 Å². The van der Waals surface area contributed by atoms with Crippen LogP contribution in [-0.4, -0.2) is 16.3 Å². The highest BCUT2D eigenvalue weighted by atomic mass is 32.1. The molecular formula is C17H26N4S. The maximum Gasteiger partial charge on any atom is 0.172 e. The fraction of sp³-hybridized carbons (Fsp3) is 0.588. The first kappa shape index (κ1) is 16.9. The quantitative estimate of drug-likeness (QED) is 0.616. The van der Waals surface area contributed by atoms with E-state index in [1.807, 2.05) is 30.3 Å². The van der Waals surface area contributed by atoms with Crippen molar-refractivity contribution < 1.29 is 0 Å². The van der Waals surface area contributed by atoms with Crippen LogP contribution in [0.5, 0.6) is 0 Å². The Morgan fingerprint density at radius 1 is 1.09 bits per heavy atom. The van der Waals surface area contributed by atoms with Crippen LogP contribution in [0.2, 0.25) is 0 Å². The summed E-state index contributed by atoms with van der Waals surface area (Å²) in [6.07, 6.45) is 5.52. The molecule has 1 saturated carbocycles. The largest absolute Gasteiger partial charge is 0.337 e. The van der Waals surface area contributed by atoms with Crippen LogP contribution in [-0.2, 0) is 0 Å². The number of anilines is 1. The Kier molecular flexibility index (Phi) is 5.51. The minimum Gasteiger partial charge on any atom is -0.337 e. The van der Waals surface area contributed by atoms with E-state index in [9.17, 15) is 0 Å². The topological polar surface area (TPSA) is 48.8 Å². The molecule has 120 valence electrons. The summed E-state index contributed by atoms with van der Waals surface area (Å²) >= 11 is 5.47. The summed E-state index contributed by atoms with van der Waals surface area (Å²) in [6.45, 7) is 6.19. The van der Waals surface area contributed by atoms with Crippen LogP contribution in [0.15, 0.2) is 40.6 Å². The molecule has 1 fully saturated rings. The smallest absolute Gasteiger partial charge is 0.172 e. The lowest BCUT2D eigenvalue weighted by molar-refractivity contribution is 0.256. The molecule has 1 aromatic rings. The summed E-state index contributed by atoms with van der Waals surface area (Å²) in [5, 5.41) is 16.4. The van der Waals surface area contributed by atoms with Gasteiger partial charge in [-0.1, -0.05) is 24.6 Å². The van der Waals surface area contributed by atoms with Crippen LogP contribution in [0, 0.1) is 0 Å². The van der Waals surface area contributed by atoms with Crippen molar-refractivity contribution in [2.75, 3.05) is 5.32 Å². The van der Waals surface area contributed by atoms with Gasteiger partial charge in [-0.25, -0.2) is 0 Å². The lowest BCUT2D eigenvalue weighted by atomic mass is 9.89. The van der Waals surface area contributed by atoms with E-state index >= 15 is 0 Å². The molecule has 0 spiro atoms. The van der Waals surface area contributed by atoms with Crippen molar-refractivity contribution in [3.63, 3.8) is 0 Å². The van der Waals surface area contributed by atoms with Crippen LogP contribution in [0.25, 0.3) is 0 Å². The lowest BCUT2D eigenvalue weighted by Crippen LogP contribution is -2.49. The Bertz CT molecular complexity index is 513. The predicted molar refractivity (Wildman–Crippen MR) is 96.2 cm³/mol. The molecule has 0 aliphatic heterocycles. The van der Waals surface area contributed by atoms with E-state index in [0.717, 1.165) is 31.4 Å². The summed E-state index contributed by atoms with van der Waals surface area (Å²) < 4.78 is 0. The fourth-order valence-electron chi connectivity index (χ4n) is 2.53. The SMILES string of the molecule is CC(C)(C)N=NC1(NC(=S)Nc2ccccc2)CCCCC1. The summed E-state index contributed by atoms with van der Waals surface area (Å²) in [4.78, 5) is 0. The van der Waals surface area contributed by atoms with Crippen molar-refractivity contribution in [2.45, 2.75) is 64.1 Å². The van der Waals surface area contributed by atoms with Gasteiger partial charge in [-0.3, -0.25) is 0 Å². The number of thiocarbonyl (C=S) groups is 1. The number of nitrogens with one attached hydrogen (secondary N) is 2. The lowest BCUT2D eigenvalue weighted by Gasteiger charge is -2.35. The molecule has 0 bridgehead atoms. The zero-order valence-corrected chi connectivity index (χ0v) is 14.5. The van der Waals surface area contributed by atoms with Crippen molar-refractivity contribution in [1.82, 2.24) is 5.32 Å². The van der Waals surface area contributed by atoms with Gasteiger partial charge in [0.2, 0.25) is 0 Å². The molecule has 0 amide bonds. The second-order valence-corrected chi connectivity index (χ2v) is 7.32. The van der Waals surface area contributed by atoms with Gasteiger partial charge < -0.3 is 10.6 Å². The van der Waals surface area contributed by atoms with E-state index in [0.29, 0.717) is 5.11 Å². The van der Waals surface area contributed by atoms with Gasteiger partial charge in [0.25, 0.3) is 0 Å². The molecule has 0 heterocycles. The van der Waals surface area contributed by atoms with Crippen molar-refractivity contribution in [3.8, 4) is 0 Å². The molecule has 2 rings (SSSR count). The van der Waals surface area contributed by atoms with Gasteiger partial charge in [0.05, 0.1) is 5.54 Å². The summed E-state index contributed by atoms with van der Waals surface area (Å²) in [5.41, 5.74) is 0.462. The first-order chi connectivity index (χ1) is 10.4. The molecule has 0 atom stereocenters. The van der Waals surface area contributed by atoms with Gasteiger partial charge in [0.1, 0.15) is 0 Å². The Balaban J connectivity index is 2.06. The van der Waals surface area contributed by atoms with E-state index in [1.165, 1.54) is 6.42 Å². The highest BCUT2D eigenvalue weighted by molar-refractivity contribution is 7.80. The standard InChI is InChI=1S/C17H26N4S/c1-16(2,3)20-21-17(12-8-5-9-13-17)19-15(22)18-14-10-6-4-7-11-14/h4,6-7,10-11H,5,8-9,12-13H2,1-3H3,(H2,18,19,22). The van der Waals surface area contributed by atoms with E-state index < -0.39 is 0 Å². The van der Waals surface area contributed by atoms with Crippen LogP contribution in [0.4, 0.5) is 5.69 Å². The molecule has 0 aromatic heterocycles. The third kappa shape index (κ3) is 5.37. The Morgan fingerprint density at radius 3 is 2.32 bits per heavy atom. The van der Waals surface area contributed by atoms with Crippen molar-refractivity contribution in [3.05, 3.63) is 30.3 Å². The van der Waals surface area contributed by atoms with Crippen LogP contribution < -0.4 is 10.6 Å². The third-order valence-electron chi connectivity index (χ3n) is 3.60. The number of hydrogen-bond donors (Lipinski definition) is 2. The summed E-state index contributed by atoms with van der Waals surface area (Å²) in [7, 11) is 0. The number of hydrogen-bond acceptors (Lipinski definition) is 3. The summed E-state index contributed by atoms with van der Waals surface area (Å²) in [6, 6.07) is 9.96. The fourth-order valence-corrected chi connectivity index (χ4v) is 2.84. The average molecular weight is 318 g/mol. The van der Waals surface area contributed by atoms with E-state index in [4.69, 9.17) is 12.2 Å². The molecule has 22 heavy (non-hydrogen) atoms. The number of benzene rings is 1. The molecule has 1 aliphatic rings. The molecule has 2 N–H and O–H groups in total. The van der Waals surface area contributed by atoms with Gasteiger partial charge in [0.15, 0.2) is 10.8 Å². The van der Waals surface area contributed by atoms with Crippen LogP contribution in [0.3, 0.4) is 0 Å². The van der Waals surface area contributed by atoms with Gasteiger partial charge in [-0.05, 0) is 70.8 Å². The second-order valence-electron chi connectivity index (χ2n) is 6.91. The molecule has 0 radical (unpaired) electrons. The first-order valence-electron chi connectivity index (χ1n) is 7.97. The Labute approximate surface area is 138 Å². The minimum atomic E-state index is -0.357. The third-order valence-corrected chi connectivity index (χ3v) is 3.80. The van der Waals surface area contributed by atoms with Gasteiger partial charge in [-0.2, -0.15) is 10.2 Å². The number of para-hydroxylation sites is 1. The van der Waals surface area contributed by atoms with Crippen molar-refractivity contribution >= 4 is 23.0 Å². The van der Waals surface area contributed by atoms with E-state index in [2.05, 4.69) is 41.6 Å². The molecule has 0 saturated heterocycles. The highest BCUT2D eigenvalue weighted by Gasteiger charge is 2.33. The van der Waals surface area contributed by atoms with E-state index in [1.54, 1.807) is 0 Å². The normalized spacial score (nSPS) is 18.1. The molecule has 1 aromatic carbocycles. The zero-order chi connectivity index (χ0) is 16.1. The molecule has 1 aliphatic carbocycles. The average Bonchev–Trinajstić information content (AvgIpc) is 2.46. The highest BCUT2D eigenvalue weighted by Crippen LogP contribution is 2.31. The molecule has 5 heteroatoms. The maximum absolute atomic E-state index is 5.47. The van der Waals surface area contributed by atoms with Crippen molar-refractivity contribution in [1.29, 1.82) is 0 Å². The minimum absolute atomic E-state index is 0.166. The molecular weight excluding hydrogens is 292 g/mol. The second kappa shape index (κ2) is 7.18. The predicted octanol–water partition coefficient (Wildman–Crippen LogP) is 4.88. The first-order valence-corrected chi connectivity index (χ1v) is 8.38. The number of azo groups is 1. The summed E-state index contributed by atoms with van der Waals surface area (Å²) in [5.74, 6) is 0. The van der Waals surface area contributed by atoms with Gasteiger partial charge in [-0.15, -0.1) is 0 Å². The Morgan fingerprint density at radius 2 is 1.73 bits per heavy atom.